The maximum Gasteiger partial charge on any atom is 0.165 e. The van der Waals surface area contributed by atoms with E-state index in [9.17, 15) is 0 Å². The number of anilines is 1. The molecule has 1 heterocycles. The number of nitrogens with one attached hydrogen (secondary N) is 1. The molecule has 0 spiro atoms. The SMILES string of the molecule is [CH2-]CN(/C=C(/C=[N+](C[CH2-])C[CH2-])CNc1ccccn1)C[CH2-].[Y].[Y]. The number of pyridine rings is 1. The maximum absolute atomic E-state index is 4.26. The Kier molecular flexibility index (Phi) is 17.7. The smallest absolute Gasteiger partial charge is 0.165 e. The van der Waals surface area contributed by atoms with Crippen LogP contribution in [0.1, 0.15) is 0 Å². The van der Waals surface area contributed by atoms with Gasteiger partial charge in [0, 0.05) is 103 Å². The average molecular weight is 463 g/mol. The molecule has 122 valence electrons. The van der Waals surface area contributed by atoms with Crippen LogP contribution in [0.3, 0.4) is 0 Å². The van der Waals surface area contributed by atoms with E-state index < -0.39 is 0 Å². The first-order chi connectivity index (χ1) is 10.2. The summed E-state index contributed by atoms with van der Waals surface area (Å²) in [6, 6.07) is 5.80. The topological polar surface area (TPSA) is 31.2 Å². The van der Waals surface area contributed by atoms with E-state index >= 15 is 0 Å². The quantitative estimate of drug-likeness (QED) is 0.346. The zero-order valence-corrected chi connectivity index (χ0v) is 19.5. The number of hydrogen-bond acceptors (Lipinski definition) is 3. The van der Waals surface area contributed by atoms with Gasteiger partial charge in [-0.25, -0.2) is 4.98 Å². The van der Waals surface area contributed by atoms with Crippen LogP contribution in [0.15, 0.2) is 36.2 Å². The van der Waals surface area contributed by atoms with E-state index in [4.69, 9.17) is 0 Å². The first-order valence-corrected chi connectivity index (χ1v) is 7.09. The Morgan fingerprint density at radius 3 is 2.26 bits per heavy atom. The van der Waals surface area contributed by atoms with Crippen LogP contribution in [0.2, 0.25) is 0 Å². The fourth-order valence-corrected chi connectivity index (χ4v) is 1.74. The van der Waals surface area contributed by atoms with E-state index in [1.165, 1.54) is 0 Å². The van der Waals surface area contributed by atoms with Gasteiger partial charge in [0.2, 0.25) is 0 Å². The fourth-order valence-electron chi connectivity index (χ4n) is 1.74. The molecule has 1 rings (SSSR count). The molecular weight excluding hydrogens is 438 g/mol. The average Bonchev–Trinajstić information content (AvgIpc) is 2.55. The van der Waals surface area contributed by atoms with E-state index in [1.54, 1.807) is 6.20 Å². The van der Waals surface area contributed by atoms with Crippen LogP contribution in [-0.4, -0.2) is 53.4 Å². The van der Waals surface area contributed by atoms with E-state index in [2.05, 4.69) is 59.9 Å². The molecule has 0 aromatic carbocycles. The van der Waals surface area contributed by atoms with Gasteiger partial charge in [-0.05, 0) is 12.1 Å². The first kappa shape index (κ1) is 25.6. The Balaban J connectivity index is 0. The van der Waals surface area contributed by atoms with Crippen molar-refractivity contribution in [3.8, 4) is 0 Å². The molecule has 0 aliphatic heterocycles. The minimum Gasteiger partial charge on any atom is -0.437 e. The van der Waals surface area contributed by atoms with Crippen LogP contribution in [0.25, 0.3) is 0 Å². The van der Waals surface area contributed by atoms with Crippen molar-refractivity contribution in [2.45, 2.75) is 0 Å². The maximum atomic E-state index is 4.26. The van der Waals surface area contributed by atoms with Gasteiger partial charge in [0.15, 0.2) is 6.21 Å². The zero-order valence-electron chi connectivity index (χ0n) is 13.8. The van der Waals surface area contributed by atoms with Gasteiger partial charge < -0.3 is 24.1 Å². The molecule has 2 radical (unpaired) electrons. The first-order valence-electron chi connectivity index (χ1n) is 7.09. The van der Waals surface area contributed by atoms with Gasteiger partial charge in [0.25, 0.3) is 0 Å². The summed E-state index contributed by atoms with van der Waals surface area (Å²) < 4.78 is 2.05. The van der Waals surface area contributed by atoms with Gasteiger partial charge in [-0.15, -0.1) is 13.1 Å². The molecule has 0 aliphatic rings. The predicted molar refractivity (Wildman–Crippen MR) is 89.9 cm³/mol. The van der Waals surface area contributed by atoms with Crippen LogP contribution < -0.4 is 5.32 Å². The molecular formula is C17H25N4Y2-3. The van der Waals surface area contributed by atoms with Crippen molar-refractivity contribution >= 4 is 12.0 Å². The molecule has 0 amide bonds. The second-order valence-electron chi connectivity index (χ2n) is 4.47. The van der Waals surface area contributed by atoms with Gasteiger partial charge in [-0.3, -0.25) is 18.4 Å². The zero-order chi connectivity index (χ0) is 15.5. The normalized spacial score (nSPS) is 10.2. The summed E-state index contributed by atoms with van der Waals surface area (Å²) in [5.41, 5.74) is 1.11. The van der Waals surface area contributed by atoms with Crippen molar-refractivity contribution in [1.29, 1.82) is 0 Å². The summed E-state index contributed by atoms with van der Waals surface area (Å²) in [6.07, 6.45) is 5.90. The van der Waals surface area contributed by atoms with Crippen LogP contribution in [-0.2, 0) is 65.4 Å². The van der Waals surface area contributed by atoms with Gasteiger partial charge in [-0.1, -0.05) is 6.07 Å². The Morgan fingerprint density at radius 1 is 1.13 bits per heavy atom. The van der Waals surface area contributed by atoms with Gasteiger partial charge in [0.1, 0.15) is 5.82 Å². The van der Waals surface area contributed by atoms with E-state index in [0.717, 1.165) is 11.4 Å². The summed E-state index contributed by atoms with van der Waals surface area (Å²) in [5, 5.41) is 3.31. The monoisotopic (exact) mass is 463 g/mol. The molecule has 0 unspecified atom stereocenters. The van der Waals surface area contributed by atoms with E-state index in [-0.39, 0.29) is 65.4 Å². The summed E-state index contributed by atoms with van der Waals surface area (Å²) >= 11 is 0. The Morgan fingerprint density at radius 2 is 1.78 bits per heavy atom. The number of rotatable bonds is 9. The third-order valence-corrected chi connectivity index (χ3v) is 2.98. The Bertz CT molecular complexity index is 451. The number of hydrogen-bond donors (Lipinski definition) is 1. The summed E-state index contributed by atoms with van der Waals surface area (Å²) in [6.45, 7) is 19.0. The van der Waals surface area contributed by atoms with Crippen LogP contribution in [0.5, 0.6) is 0 Å². The fraction of sp³-hybridized carbons (Fsp3) is 0.294. The molecule has 6 heteroatoms. The van der Waals surface area contributed by atoms with Gasteiger partial charge in [-0.2, -0.15) is 0 Å². The predicted octanol–water partition coefficient (Wildman–Crippen LogP) is 2.09. The Labute approximate surface area is 192 Å². The van der Waals surface area contributed by atoms with Crippen molar-refractivity contribution in [3.63, 3.8) is 0 Å². The molecule has 23 heavy (non-hydrogen) atoms. The minimum atomic E-state index is 0. The standard InChI is InChI=1S/C17H25N4.2Y/c1-5-20(6-2)14-16(15-21(7-3)8-4)13-19-17-11-9-10-12-18-17;;/h9-12,14-15H,1-8,13H2,(H,18,19);;/q-3;;. The molecule has 0 bridgehead atoms. The summed E-state index contributed by atoms with van der Waals surface area (Å²) in [7, 11) is 0. The van der Waals surface area contributed by atoms with Gasteiger partial charge >= 0.3 is 0 Å². The second-order valence-corrected chi connectivity index (χ2v) is 4.47. The molecule has 0 aliphatic carbocycles. The van der Waals surface area contributed by atoms with Crippen molar-refractivity contribution in [2.75, 3.05) is 38.0 Å². The Hall–Kier alpha value is 0.368. The molecule has 4 nitrogen and oxygen atoms in total. The molecule has 0 atom stereocenters. The van der Waals surface area contributed by atoms with Crippen LogP contribution in [0.4, 0.5) is 5.82 Å². The van der Waals surface area contributed by atoms with Crippen LogP contribution >= 0.6 is 0 Å². The number of nitrogens with zero attached hydrogens (tertiary/aromatic N) is 3. The van der Waals surface area contributed by atoms with Gasteiger partial charge in [0.05, 0.1) is 0 Å². The number of aromatic nitrogens is 1. The van der Waals surface area contributed by atoms with E-state index in [0.29, 0.717) is 32.7 Å². The molecule has 0 saturated carbocycles. The minimum absolute atomic E-state index is 0. The molecule has 1 aromatic heterocycles. The molecule has 0 fully saturated rings. The van der Waals surface area contributed by atoms with Crippen molar-refractivity contribution in [2.24, 2.45) is 0 Å². The largest absolute Gasteiger partial charge is 0.437 e. The van der Waals surface area contributed by atoms with E-state index in [1.807, 2.05) is 18.2 Å². The summed E-state index contributed by atoms with van der Waals surface area (Å²) in [5.74, 6) is 0.850. The third kappa shape index (κ3) is 10.8. The third-order valence-electron chi connectivity index (χ3n) is 2.98. The van der Waals surface area contributed by atoms with Crippen molar-refractivity contribution < 1.29 is 70.0 Å². The summed E-state index contributed by atoms with van der Waals surface area (Å²) in [4.78, 5) is 6.31. The second kappa shape index (κ2) is 15.9. The van der Waals surface area contributed by atoms with Crippen molar-refractivity contribution in [3.05, 3.63) is 63.9 Å². The molecule has 1 N–H and O–H groups in total. The molecule has 1 aromatic rings. The molecule has 0 saturated heterocycles. The van der Waals surface area contributed by atoms with Crippen molar-refractivity contribution in [1.82, 2.24) is 9.88 Å². The van der Waals surface area contributed by atoms with Crippen LogP contribution in [0, 0.1) is 27.7 Å².